The Hall–Kier alpha value is 0.140. The maximum absolute atomic E-state index is 10.7. The molecule has 1 aromatic heterocycles. The Morgan fingerprint density at radius 1 is 1.33 bits per heavy atom. The highest BCUT2D eigenvalue weighted by Crippen LogP contribution is 2.43. The van der Waals surface area contributed by atoms with Gasteiger partial charge in [0.1, 0.15) is 0 Å². The van der Waals surface area contributed by atoms with Gasteiger partial charge in [-0.2, -0.15) is 0 Å². The van der Waals surface area contributed by atoms with Crippen LogP contribution < -0.4 is 0 Å². The molecule has 102 valence electrons. The van der Waals surface area contributed by atoms with Crippen LogP contribution in [-0.4, -0.2) is 10.7 Å². The summed E-state index contributed by atoms with van der Waals surface area (Å²) in [7, 11) is 0. The van der Waals surface area contributed by atoms with Crippen molar-refractivity contribution in [3.05, 3.63) is 20.8 Å². The van der Waals surface area contributed by atoms with Crippen molar-refractivity contribution in [3.63, 3.8) is 0 Å². The molecule has 0 radical (unpaired) electrons. The van der Waals surface area contributed by atoms with E-state index in [0.29, 0.717) is 5.41 Å². The Balaban J connectivity index is 1.95. The van der Waals surface area contributed by atoms with E-state index in [9.17, 15) is 5.11 Å². The van der Waals surface area contributed by atoms with Crippen LogP contribution in [0.4, 0.5) is 0 Å². The van der Waals surface area contributed by atoms with Crippen LogP contribution in [0.15, 0.2) is 15.9 Å². The molecule has 18 heavy (non-hydrogen) atoms. The molecule has 1 fully saturated rings. The molecule has 1 aliphatic carbocycles. The second-order valence-electron chi connectivity index (χ2n) is 6.75. The van der Waals surface area contributed by atoms with Crippen LogP contribution in [0.1, 0.15) is 51.3 Å². The number of hydrogen-bond acceptors (Lipinski definition) is 2. The van der Waals surface area contributed by atoms with Gasteiger partial charge in [0.2, 0.25) is 0 Å². The highest BCUT2D eigenvalue weighted by Gasteiger charge is 2.37. The minimum absolute atomic E-state index is 0.382. The summed E-state index contributed by atoms with van der Waals surface area (Å²) < 4.78 is 1.16. The maximum Gasteiger partial charge on any atom is 0.0701 e. The molecule has 1 aliphatic rings. The number of aliphatic hydroxyl groups is 1. The number of thiophene rings is 1. The fourth-order valence-electron chi connectivity index (χ4n) is 2.97. The summed E-state index contributed by atoms with van der Waals surface area (Å²) in [6, 6.07) is 4.20. The molecule has 0 bridgehead atoms. The van der Waals surface area contributed by atoms with E-state index in [-0.39, 0.29) is 0 Å². The molecule has 1 nitrogen and oxygen atoms in total. The van der Waals surface area contributed by atoms with Crippen molar-refractivity contribution >= 4 is 27.3 Å². The number of rotatable bonds is 2. The first-order chi connectivity index (χ1) is 8.28. The van der Waals surface area contributed by atoms with Crippen molar-refractivity contribution in [1.29, 1.82) is 0 Å². The average molecular weight is 331 g/mol. The minimum atomic E-state index is -0.466. The van der Waals surface area contributed by atoms with Crippen molar-refractivity contribution in [2.24, 2.45) is 11.3 Å². The molecule has 0 atom stereocenters. The molecular weight excluding hydrogens is 308 g/mol. The molecule has 0 aliphatic heterocycles. The van der Waals surface area contributed by atoms with Crippen LogP contribution in [0.5, 0.6) is 0 Å². The molecule has 1 N–H and O–H groups in total. The lowest BCUT2D eigenvalue weighted by Gasteiger charge is -2.41. The van der Waals surface area contributed by atoms with Crippen molar-refractivity contribution in [3.8, 4) is 0 Å². The molecule has 1 aromatic rings. The summed E-state index contributed by atoms with van der Waals surface area (Å²) in [5, 5.41) is 10.7. The monoisotopic (exact) mass is 330 g/mol. The van der Waals surface area contributed by atoms with Crippen LogP contribution >= 0.6 is 27.3 Å². The normalized spacial score (nSPS) is 29.5. The van der Waals surface area contributed by atoms with E-state index in [1.54, 1.807) is 11.3 Å². The lowest BCUT2D eigenvalue weighted by molar-refractivity contribution is -0.0239. The largest absolute Gasteiger partial charge is 0.390 e. The first-order valence-electron chi connectivity index (χ1n) is 6.75. The third kappa shape index (κ3) is 3.58. The second-order valence-corrected chi connectivity index (χ2v) is 9.29. The Labute approximate surface area is 123 Å². The Morgan fingerprint density at radius 2 is 1.94 bits per heavy atom. The average Bonchev–Trinajstić information content (AvgIpc) is 2.62. The summed E-state index contributed by atoms with van der Waals surface area (Å²) in [6.45, 7) is 6.95. The van der Waals surface area contributed by atoms with E-state index in [2.05, 4.69) is 48.8 Å². The van der Waals surface area contributed by atoms with Gasteiger partial charge in [0.15, 0.2) is 0 Å². The SMILES string of the molecule is CC(C)(C)C1CCC(O)(Cc2ccc(Br)s2)CC1. The Kier molecular flexibility index (Phi) is 4.25. The molecule has 2 rings (SSSR count). The second kappa shape index (κ2) is 5.26. The fourth-order valence-corrected chi connectivity index (χ4v) is 4.59. The van der Waals surface area contributed by atoms with Crippen LogP contribution in [0.2, 0.25) is 0 Å². The third-order valence-corrected chi connectivity index (χ3v) is 5.90. The third-order valence-electron chi connectivity index (χ3n) is 4.27. The topological polar surface area (TPSA) is 20.2 Å². The van der Waals surface area contributed by atoms with Gasteiger partial charge >= 0.3 is 0 Å². The molecule has 0 spiro atoms. The maximum atomic E-state index is 10.7. The lowest BCUT2D eigenvalue weighted by Crippen LogP contribution is -2.38. The summed E-state index contributed by atoms with van der Waals surface area (Å²) in [5.41, 5.74) is -0.0840. The predicted octanol–water partition coefficient (Wildman–Crippen LogP) is 5.02. The summed E-state index contributed by atoms with van der Waals surface area (Å²) >= 11 is 5.23. The van der Waals surface area contributed by atoms with Gasteiger partial charge in [0.25, 0.3) is 0 Å². The summed E-state index contributed by atoms with van der Waals surface area (Å²) in [5.74, 6) is 0.757. The van der Waals surface area contributed by atoms with Crippen molar-refractivity contribution in [2.75, 3.05) is 0 Å². The minimum Gasteiger partial charge on any atom is -0.390 e. The van der Waals surface area contributed by atoms with Gasteiger partial charge in [0, 0.05) is 11.3 Å². The van der Waals surface area contributed by atoms with Gasteiger partial charge < -0.3 is 5.11 Å². The van der Waals surface area contributed by atoms with Gasteiger partial charge in [-0.3, -0.25) is 0 Å². The van der Waals surface area contributed by atoms with E-state index >= 15 is 0 Å². The molecular formula is C15H23BrOS. The lowest BCUT2D eigenvalue weighted by atomic mass is 9.67. The van der Waals surface area contributed by atoms with E-state index in [1.165, 1.54) is 4.88 Å². The standard InChI is InChI=1S/C15H23BrOS/c1-14(2,3)11-6-8-15(17,9-7-11)10-12-4-5-13(16)18-12/h4-5,11,17H,6-10H2,1-3H3. The number of halogens is 1. The first-order valence-corrected chi connectivity index (χ1v) is 8.36. The molecule has 1 heterocycles. The zero-order chi connectivity index (χ0) is 13.4. The van der Waals surface area contributed by atoms with Crippen molar-refractivity contribution in [2.45, 2.75) is 58.5 Å². The quantitative estimate of drug-likeness (QED) is 0.807. The smallest absolute Gasteiger partial charge is 0.0701 e. The molecule has 0 amide bonds. The highest BCUT2D eigenvalue weighted by molar-refractivity contribution is 9.11. The fraction of sp³-hybridized carbons (Fsp3) is 0.733. The van der Waals surface area contributed by atoms with Crippen LogP contribution in [0, 0.1) is 11.3 Å². The van der Waals surface area contributed by atoms with E-state index in [1.807, 2.05) is 0 Å². The summed E-state index contributed by atoms with van der Waals surface area (Å²) in [4.78, 5) is 1.29. The van der Waals surface area contributed by atoms with Crippen molar-refractivity contribution < 1.29 is 5.11 Å². The Bertz CT molecular complexity index is 397. The first kappa shape index (κ1) is 14.5. The highest BCUT2D eigenvalue weighted by atomic mass is 79.9. The van der Waals surface area contributed by atoms with Gasteiger partial charge in [-0.05, 0) is 65.1 Å². The van der Waals surface area contributed by atoms with Gasteiger partial charge in [-0.15, -0.1) is 11.3 Å². The van der Waals surface area contributed by atoms with Crippen LogP contribution in [0.25, 0.3) is 0 Å². The van der Waals surface area contributed by atoms with E-state index < -0.39 is 5.60 Å². The van der Waals surface area contributed by atoms with Crippen molar-refractivity contribution in [1.82, 2.24) is 0 Å². The van der Waals surface area contributed by atoms with Gasteiger partial charge in [0.05, 0.1) is 9.39 Å². The van der Waals surface area contributed by atoms with E-state index in [4.69, 9.17) is 0 Å². The zero-order valence-electron chi connectivity index (χ0n) is 11.5. The molecule has 0 saturated heterocycles. The molecule has 3 heteroatoms. The predicted molar refractivity (Wildman–Crippen MR) is 82.1 cm³/mol. The zero-order valence-corrected chi connectivity index (χ0v) is 13.9. The van der Waals surface area contributed by atoms with Crippen LogP contribution in [0.3, 0.4) is 0 Å². The summed E-state index contributed by atoms with van der Waals surface area (Å²) in [6.07, 6.45) is 5.04. The van der Waals surface area contributed by atoms with E-state index in [0.717, 1.165) is 41.8 Å². The van der Waals surface area contributed by atoms with Crippen LogP contribution in [-0.2, 0) is 6.42 Å². The van der Waals surface area contributed by atoms with Gasteiger partial charge in [-0.1, -0.05) is 20.8 Å². The van der Waals surface area contributed by atoms with Gasteiger partial charge in [-0.25, -0.2) is 0 Å². The molecule has 0 unspecified atom stereocenters. The Morgan fingerprint density at radius 3 is 2.39 bits per heavy atom. The number of hydrogen-bond donors (Lipinski definition) is 1. The molecule has 0 aromatic carbocycles. The molecule has 1 saturated carbocycles.